The minimum atomic E-state index is -0.878. The number of benzene rings is 1. The topological polar surface area (TPSA) is 102 Å². The first-order chi connectivity index (χ1) is 9.22. The van der Waals surface area contributed by atoms with Crippen molar-refractivity contribution in [1.29, 1.82) is 0 Å². The third-order valence-corrected chi connectivity index (χ3v) is 2.58. The van der Waals surface area contributed by atoms with Gasteiger partial charge in [0.25, 0.3) is 11.6 Å². The van der Waals surface area contributed by atoms with Crippen molar-refractivity contribution >= 4 is 17.3 Å². The molecule has 0 fully saturated rings. The van der Waals surface area contributed by atoms with Crippen LogP contribution < -0.4 is 11.1 Å². The normalized spacial score (nSPS) is 12.2. The van der Waals surface area contributed by atoms with E-state index in [1.165, 1.54) is 0 Å². The molecule has 20 heavy (non-hydrogen) atoms. The number of nitrogens with zero attached hydrogens (tertiary/aromatic N) is 2. The zero-order valence-electron chi connectivity index (χ0n) is 11.5. The lowest BCUT2D eigenvalue weighted by Crippen LogP contribution is -2.39. The largest absolute Gasteiger partial charge is 0.393 e. The quantitative estimate of drug-likeness (QED) is 0.477. The van der Waals surface area contributed by atoms with Gasteiger partial charge in [0.15, 0.2) is 0 Å². The van der Waals surface area contributed by atoms with Crippen LogP contribution in [0.2, 0.25) is 0 Å². The minimum Gasteiger partial charge on any atom is -0.393 e. The Balaban J connectivity index is 3.01. The van der Waals surface area contributed by atoms with Crippen molar-refractivity contribution in [2.24, 2.45) is 0 Å². The zero-order chi connectivity index (χ0) is 15.4. The Bertz CT molecular complexity index is 534. The van der Waals surface area contributed by atoms with Gasteiger partial charge in [-0.1, -0.05) is 0 Å². The molecule has 1 amide bonds. The number of amides is 1. The van der Waals surface area contributed by atoms with Crippen LogP contribution in [-0.4, -0.2) is 42.4 Å². The molecule has 0 aliphatic carbocycles. The van der Waals surface area contributed by atoms with Crippen LogP contribution in [0.1, 0.15) is 17.3 Å². The molecule has 1 aromatic carbocycles. The molecule has 0 radical (unpaired) electrons. The maximum absolute atomic E-state index is 13.3. The molecule has 1 aromatic rings. The van der Waals surface area contributed by atoms with Gasteiger partial charge in [0.05, 0.1) is 16.6 Å². The smallest absolute Gasteiger partial charge is 0.295 e. The number of carbonyl (C=O) groups excluding carboxylic acids is 1. The van der Waals surface area contributed by atoms with Gasteiger partial charge in [-0.25, -0.2) is 4.39 Å². The van der Waals surface area contributed by atoms with Crippen LogP contribution >= 0.6 is 0 Å². The van der Waals surface area contributed by atoms with Gasteiger partial charge >= 0.3 is 0 Å². The molecule has 1 rings (SSSR count). The molecule has 8 heteroatoms. The predicted octanol–water partition coefficient (Wildman–Crippen LogP) is 0.996. The first-order valence-corrected chi connectivity index (χ1v) is 5.91. The molecule has 0 saturated carbocycles. The molecular weight excluding hydrogens is 267 g/mol. The highest BCUT2D eigenvalue weighted by molar-refractivity contribution is 6.01. The third-order valence-electron chi connectivity index (χ3n) is 2.58. The number of rotatable bonds is 5. The highest BCUT2D eigenvalue weighted by Crippen LogP contribution is 2.26. The van der Waals surface area contributed by atoms with Crippen LogP contribution in [0.15, 0.2) is 12.1 Å². The van der Waals surface area contributed by atoms with Gasteiger partial charge in [-0.2, -0.15) is 0 Å². The Kier molecular flexibility index (Phi) is 4.98. The second-order valence-electron chi connectivity index (χ2n) is 4.78. The predicted molar refractivity (Wildman–Crippen MR) is 72.9 cm³/mol. The van der Waals surface area contributed by atoms with Gasteiger partial charge in [0, 0.05) is 12.6 Å². The number of halogens is 1. The van der Waals surface area contributed by atoms with E-state index in [9.17, 15) is 19.3 Å². The van der Waals surface area contributed by atoms with Crippen molar-refractivity contribution in [3.05, 3.63) is 33.6 Å². The molecule has 0 spiro atoms. The maximum atomic E-state index is 13.3. The Labute approximate surface area is 115 Å². The van der Waals surface area contributed by atoms with Crippen molar-refractivity contribution < 1.29 is 14.1 Å². The fraction of sp³-hybridized carbons (Fsp3) is 0.417. The summed E-state index contributed by atoms with van der Waals surface area (Å²) in [7, 11) is 3.67. The van der Waals surface area contributed by atoms with Crippen LogP contribution in [-0.2, 0) is 0 Å². The van der Waals surface area contributed by atoms with E-state index in [-0.39, 0.29) is 17.3 Å². The molecule has 7 nitrogen and oxygen atoms in total. The van der Waals surface area contributed by atoms with Gasteiger partial charge in [-0.15, -0.1) is 0 Å². The average Bonchev–Trinajstić information content (AvgIpc) is 2.29. The summed E-state index contributed by atoms with van der Waals surface area (Å²) < 4.78 is 13.3. The summed E-state index contributed by atoms with van der Waals surface area (Å²) in [6, 6.07) is 1.37. The fourth-order valence-electron chi connectivity index (χ4n) is 1.84. The molecule has 110 valence electrons. The van der Waals surface area contributed by atoms with Crippen molar-refractivity contribution in [1.82, 2.24) is 10.2 Å². The number of nitrogens with one attached hydrogen (secondary N) is 1. The van der Waals surface area contributed by atoms with E-state index in [4.69, 9.17) is 5.73 Å². The minimum absolute atomic E-state index is 0.209. The van der Waals surface area contributed by atoms with E-state index in [0.29, 0.717) is 12.6 Å². The molecule has 1 atom stereocenters. The van der Waals surface area contributed by atoms with Crippen molar-refractivity contribution in [2.75, 3.05) is 26.4 Å². The Morgan fingerprint density at radius 1 is 1.55 bits per heavy atom. The number of nitro groups is 1. The standard InChI is InChI=1S/C12H17FN4O3/c1-7(6-16(2)3)15-12(18)9-4-8(13)5-10(11(9)14)17(19)20/h4-5,7H,6,14H2,1-3H3,(H,15,18). The van der Waals surface area contributed by atoms with Crippen LogP contribution in [0.3, 0.4) is 0 Å². The second-order valence-corrected chi connectivity index (χ2v) is 4.78. The van der Waals surface area contributed by atoms with E-state index in [1.807, 2.05) is 19.0 Å². The number of carbonyl (C=O) groups is 1. The van der Waals surface area contributed by atoms with E-state index >= 15 is 0 Å². The molecule has 0 aliphatic rings. The van der Waals surface area contributed by atoms with E-state index < -0.39 is 22.3 Å². The van der Waals surface area contributed by atoms with E-state index in [1.54, 1.807) is 6.92 Å². The summed E-state index contributed by atoms with van der Waals surface area (Å²) in [5, 5.41) is 13.3. The first-order valence-electron chi connectivity index (χ1n) is 5.91. The molecule has 1 unspecified atom stereocenters. The zero-order valence-corrected chi connectivity index (χ0v) is 11.5. The van der Waals surface area contributed by atoms with Crippen molar-refractivity contribution in [3.8, 4) is 0 Å². The fourth-order valence-corrected chi connectivity index (χ4v) is 1.84. The lowest BCUT2D eigenvalue weighted by molar-refractivity contribution is -0.384. The molecule has 0 aromatic heterocycles. The van der Waals surface area contributed by atoms with Gasteiger partial charge in [0.1, 0.15) is 11.5 Å². The molecule has 0 bridgehead atoms. The van der Waals surface area contributed by atoms with Gasteiger partial charge in [-0.05, 0) is 27.1 Å². The van der Waals surface area contributed by atoms with Gasteiger partial charge in [0.2, 0.25) is 0 Å². The first kappa shape index (κ1) is 15.8. The van der Waals surface area contributed by atoms with Crippen molar-refractivity contribution in [3.63, 3.8) is 0 Å². The monoisotopic (exact) mass is 284 g/mol. The lowest BCUT2D eigenvalue weighted by Gasteiger charge is -2.18. The number of nitrogen functional groups attached to an aromatic ring is 1. The third kappa shape index (κ3) is 3.89. The number of likely N-dealkylation sites (N-methyl/N-ethyl adjacent to an activating group) is 1. The molecule has 0 heterocycles. The summed E-state index contributed by atoms with van der Waals surface area (Å²) >= 11 is 0. The van der Waals surface area contributed by atoms with E-state index in [2.05, 4.69) is 5.32 Å². The number of anilines is 1. The highest BCUT2D eigenvalue weighted by atomic mass is 19.1. The highest BCUT2D eigenvalue weighted by Gasteiger charge is 2.22. The van der Waals surface area contributed by atoms with Crippen molar-refractivity contribution in [2.45, 2.75) is 13.0 Å². The van der Waals surface area contributed by atoms with Crippen LogP contribution in [0.25, 0.3) is 0 Å². The molecule has 3 N–H and O–H groups in total. The Hall–Kier alpha value is -2.22. The van der Waals surface area contributed by atoms with E-state index in [0.717, 1.165) is 6.07 Å². The summed E-state index contributed by atoms with van der Waals surface area (Å²) in [6.45, 7) is 2.34. The summed E-state index contributed by atoms with van der Waals surface area (Å²) in [6.07, 6.45) is 0. The number of nitro benzene ring substituents is 1. The summed E-state index contributed by atoms with van der Waals surface area (Å²) in [5.74, 6) is -1.52. The van der Waals surface area contributed by atoms with Gasteiger partial charge < -0.3 is 16.0 Å². The average molecular weight is 284 g/mol. The lowest BCUT2D eigenvalue weighted by atomic mass is 10.1. The molecular formula is C12H17FN4O3. The number of hydrogen-bond acceptors (Lipinski definition) is 5. The SMILES string of the molecule is CC(CN(C)C)NC(=O)c1cc(F)cc([N+](=O)[O-])c1N. The number of nitrogens with two attached hydrogens (primary N) is 1. The summed E-state index contributed by atoms with van der Waals surface area (Å²) in [4.78, 5) is 23.8. The number of hydrogen-bond donors (Lipinski definition) is 2. The van der Waals surface area contributed by atoms with Gasteiger partial charge in [-0.3, -0.25) is 14.9 Å². The van der Waals surface area contributed by atoms with Crippen LogP contribution in [0, 0.1) is 15.9 Å². The molecule has 0 saturated heterocycles. The Morgan fingerprint density at radius 2 is 2.15 bits per heavy atom. The Morgan fingerprint density at radius 3 is 2.65 bits per heavy atom. The van der Waals surface area contributed by atoms with Crippen LogP contribution in [0.5, 0.6) is 0 Å². The van der Waals surface area contributed by atoms with Crippen LogP contribution in [0.4, 0.5) is 15.8 Å². The maximum Gasteiger partial charge on any atom is 0.295 e. The summed E-state index contributed by atoms with van der Waals surface area (Å²) in [5.41, 5.74) is 4.36. The molecule has 0 aliphatic heterocycles. The second kappa shape index (κ2) is 6.29.